The van der Waals surface area contributed by atoms with E-state index in [2.05, 4.69) is 39.8 Å². The molecule has 1 aromatic heterocycles. The molecule has 1 amide bonds. The number of guanidine groups is 1. The van der Waals surface area contributed by atoms with Crippen molar-refractivity contribution < 1.29 is 4.79 Å². The monoisotopic (exact) mass is 401 g/mol. The molecule has 0 fully saturated rings. The van der Waals surface area contributed by atoms with Crippen molar-refractivity contribution in [3.8, 4) is 0 Å². The predicted molar refractivity (Wildman–Crippen MR) is 117 cm³/mol. The molecule has 28 heavy (non-hydrogen) atoms. The van der Waals surface area contributed by atoms with Gasteiger partial charge >= 0.3 is 0 Å². The summed E-state index contributed by atoms with van der Waals surface area (Å²) < 4.78 is 0. The van der Waals surface area contributed by atoms with Gasteiger partial charge < -0.3 is 15.5 Å². The topological polar surface area (TPSA) is 69.6 Å². The fraction of sp³-hybridized carbons (Fsp3) is 0.476. The van der Waals surface area contributed by atoms with Gasteiger partial charge in [-0.3, -0.25) is 9.79 Å². The number of amides is 1. The van der Waals surface area contributed by atoms with Gasteiger partial charge in [-0.15, -0.1) is 11.3 Å². The van der Waals surface area contributed by atoms with Crippen molar-refractivity contribution in [3.63, 3.8) is 0 Å². The minimum atomic E-state index is 0.0259. The number of thiazole rings is 1. The maximum atomic E-state index is 12.1. The number of hydrogen-bond donors (Lipinski definition) is 2. The van der Waals surface area contributed by atoms with Crippen molar-refractivity contribution in [1.29, 1.82) is 0 Å². The van der Waals surface area contributed by atoms with E-state index in [-0.39, 0.29) is 5.91 Å². The molecule has 7 heteroatoms. The molecule has 2 aromatic rings. The molecule has 0 spiro atoms. The van der Waals surface area contributed by atoms with Crippen LogP contribution in [0.2, 0.25) is 0 Å². The quantitative estimate of drug-likeness (QED) is 0.501. The summed E-state index contributed by atoms with van der Waals surface area (Å²) >= 11 is 1.72. The molecule has 0 saturated heterocycles. The number of benzene rings is 1. The van der Waals surface area contributed by atoms with Crippen LogP contribution in [-0.4, -0.2) is 55.5 Å². The maximum Gasteiger partial charge on any atom is 0.253 e. The van der Waals surface area contributed by atoms with Crippen LogP contribution in [0.5, 0.6) is 0 Å². The Morgan fingerprint density at radius 2 is 2.04 bits per heavy atom. The third-order valence-electron chi connectivity index (χ3n) is 4.17. The molecule has 0 radical (unpaired) electrons. The van der Waals surface area contributed by atoms with Gasteiger partial charge in [0.25, 0.3) is 5.91 Å². The second kappa shape index (κ2) is 11.4. The van der Waals surface area contributed by atoms with Crippen LogP contribution in [0, 0.1) is 0 Å². The summed E-state index contributed by atoms with van der Waals surface area (Å²) in [6.45, 7) is 6.45. The van der Waals surface area contributed by atoms with Crippen molar-refractivity contribution >= 4 is 23.2 Å². The van der Waals surface area contributed by atoms with Crippen LogP contribution in [0.3, 0.4) is 0 Å². The molecule has 0 unspecified atom stereocenters. The van der Waals surface area contributed by atoms with E-state index >= 15 is 0 Å². The molecule has 0 bridgehead atoms. The van der Waals surface area contributed by atoms with Gasteiger partial charge in [0.1, 0.15) is 0 Å². The van der Waals surface area contributed by atoms with Gasteiger partial charge in [-0.2, -0.15) is 0 Å². The Morgan fingerprint density at radius 3 is 2.71 bits per heavy atom. The van der Waals surface area contributed by atoms with Crippen molar-refractivity contribution in [1.82, 2.24) is 20.5 Å². The Labute approximate surface area is 172 Å². The van der Waals surface area contributed by atoms with Gasteiger partial charge in [0.15, 0.2) is 5.96 Å². The standard InChI is InChI=1S/C21H31N5OS/c1-5-19-25-18(15-28-19)11-13-24-21(22-6-2)23-12-10-16-8-7-9-17(14-16)20(27)26(3)4/h7-9,14-15H,5-6,10-13H2,1-4H3,(H2,22,23,24). The summed E-state index contributed by atoms with van der Waals surface area (Å²) in [5, 5.41) is 9.95. The molecule has 1 heterocycles. The van der Waals surface area contributed by atoms with Gasteiger partial charge in [-0.05, 0) is 37.5 Å². The lowest BCUT2D eigenvalue weighted by atomic mass is 10.1. The molecular weight excluding hydrogens is 370 g/mol. The summed E-state index contributed by atoms with van der Waals surface area (Å²) in [5.41, 5.74) is 2.97. The number of aryl methyl sites for hydroxylation is 1. The van der Waals surface area contributed by atoms with Crippen LogP contribution in [-0.2, 0) is 19.3 Å². The highest BCUT2D eigenvalue weighted by atomic mass is 32.1. The highest BCUT2D eigenvalue weighted by Gasteiger charge is 2.08. The van der Waals surface area contributed by atoms with Crippen LogP contribution in [0.1, 0.15) is 40.5 Å². The SMILES string of the molecule is CCNC(=NCCc1csc(CC)n1)NCCc1cccc(C(=O)N(C)C)c1. The third kappa shape index (κ3) is 6.96. The van der Waals surface area contributed by atoms with Crippen LogP contribution in [0.15, 0.2) is 34.6 Å². The predicted octanol–water partition coefficient (Wildman–Crippen LogP) is 2.75. The minimum absolute atomic E-state index is 0.0259. The normalized spacial score (nSPS) is 11.4. The second-order valence-corrected chi connectivity index (χ2v) is 7.62. The summed E-state index contributed by atoms with van der Waals surface area (Å²) in [5.74, 6) is 0.840. The zero-order valence-electron chi connectivity index (χ0n) is 17.3. The van der Waals surface area contributed by atoms with Gasteiger partial charge in [-0.25, -0.2) is 4.98 Å². The van der Waals surface area contributed by atoms with Crippen molar-refractivity contribution in [3.05, 3.63) is 51.5 Å². The van der Waals surface area contributed by atoms with Crippen LogP contribution < -0.4 is 10.6 Å². The lowest BCUT2D eigenvalue weighted by Crippen LogP contribution is -2.38. The fourth-order valence-electron chi connectivity index (χ4n) is 2.69. The number of aliphatic imine (C=N–C) groups is 1. The number of carbonyl (C=O) groups is 1. The number of hydrogen-bond acceptors (Lipinski definition) is 4. The lowest BCUT2D eigenvalue weighted by molar-refractivity contribution is 0.0827. The summed E-state index contributed by atoms with van der Waals surface area (Å²) in [4.78, 5) is 22.9. The lowest BCUT2D eigenvalue weighted by Gasteiger charge is -2.13. The highest BCUT2D eigenvalue weighted by Crippen LogP contribution is 2.10. The molecule has 2 N–H and O–H groups in total. The number of rotatable bonds is 9. The Morgan fingerprint density at radius 1 is 1.21 bits per heavy atom. The van der Waals surface area contributed by atoms with E-state index in [0.29, 0.717) is 6.54 Å². The first-order valence-electron chi connectivity index (χ1n) is 9.79. The smallest absolute Gasteiger partial charge is 0.253 e. The van der Waals surface area contributed by atoms with Gasteiger partial charge in [0, 0.05) is 51.1 Å². The average molecular weight is 402 g/mol. The number of nitrogens with zero attached hydrogens (tertiary/aromatic N) is 3. The van der Waals surface area contributed by atoms with E-state index < -0.39 is 0 Å². The number of aromatic nitrogens is 1. The summed E-state index contributed by atoms with van der Waals surface area (Å²) in [6.07, 6.45) is 2.66. The van der Waals surface area contributed by atoms with Crippen molar-refractivity contribution in [2.24, 2.45) is 4.99 Å². The molecule has 0 aliphatic carbocycles. The first-order valence-corrected chi connectivity index (χ1v) is 10.7. The van der Waals surface area contributed by atoms with Gasteiger partial charge in [0.05, 0.1) is 10.7 Å². The van der Waals surface area contributed by atoms with E-state index in [1.165, 1.54) is 5.01 Å². The third-order valence-corrected chi connectivity index (χ3v) is 5.21. The maximum absolute atomic E-state index is 12.1. The first kappa shape index (κ1) is 21.9. The van der Waals surface area contributed by atoms with Gasteiger partial charge in [-0.1, -0.05) is 19.1 Å². The zero-order valence-corrected chi connectivity index (χ0v) is 18.1. The van der Waals surface area contributed by atoms with E-state index in [1.807, 2.05) is 24.3 Å². The van der Waals surface area contributed by atoms with Crippen LogP contribution in [0.25, 0.3) is 0 Å². The van der Waals surface area contributed by atoms with E-state index in [9.17, 15) is 4.79 Å². The average Bonchev–Trinajstić information content (AvgIpc) is 3.15. The van der Waals surface area contributed by atoms with Gasteiger partial charge in [0.2, 0.25) is 0 Å². The van der Waals surface area contributed by atoms with Crippen LogP contribution >= 0.6 is 11.3 Å². The first-order chi connectivity index (χ1) is 13.5. The number of nitrogens with one attached hydrogen (secondary N) is 2. The minimum Gasteiger partial charge on any atom is -0.357 e. The van der Waals surface area contributed by atoms with E-state index in [0.717, 1.165) is 55.1 Å². The molecule has 0 atom stereocenters. The van der Waals surface area contributed by atoms with Crippen molar-refractivity contribution in [2.45, 2.75) is 33.1 Å². The fourth-order valence-corrected chi connectivity index (χ4v) is 3.47. The Hall–Kier alpha value is -2.41. The highest BCUT2D eigenvalue weighted by molar-refractivity contribution is 7.09. The zero-order chi connectivity index (χ0) is 20.4. The number of carbonyl (C=O) groups excluding carboxylic acids is 1. The van der Waals surface area contributed by atoms with E-state index in [1.54, 1.807) is 30.3 Å². The molecule has 0 aliphatic heterocycles. The molecule has 152 valence electrons. The molecule has 1 aromatic carbocycles. The molecule has 6 nitrogen and oxygen atoms in total. The molecule has 2 rings (SSSR count). The summed E-state index contributed by atoms with van der Waals surface area (Å²) in [7, 11) is 3.54. The Bertz CT molecular complexity index is 785. The second-order valence-electron chi connectivity index (χ2n) is 6.67. The van der Waals surface area contributed by atoms with E-state index in [4.69, 9.17) is 0 Å². The largest absolute Gasteiger partial charge is 0.357 e. The van der Waals surface area contributed by atoms with Crippen molar-refractivity contribution in [2.75, 3.05) is 33.7 Å². The Kier molecular flexibility index (Phi) is 8.94. The molecular formula is C21H31N5OS. The molecule has 0 aliphatic rings. The molecule has 0 saturated carbocycles. The summed E-state index contributed by atoms with van der Waals surface area (Å²) in [6, 6.07) is 7.80. The van der Waals surface area contributed by atoms with Crippen LogP contribution in [0.4, 0.5) is 0 Å². The Balaban J connectivity index is 1.85.